The lowest BCUT2D eigenvalue weighted by molar-refractivity contribution is -0.290. The van der Waals surface area contributed by atoms with Gasteiger partial charge in [-0.15, -0.1) is 0 Å². The zero-order chi connectivity index (χ0) is 16.2. The first-order chi connectivity index (χ1) is 11.2. The van der Waals surface area contributed by atoms with Crippen LogP contribution in [0.15, 0.2) is 42.2 Å². The summed E-state index contributed by atoms with van der Waals surface area (Å²) >= 11 is 0. The topological polar surface area (TPSA) is 60.4 Å². The Kier molecular flexibility index (Phi) is 5.30. The SMILES string of the molecule is COC1=CCON(Cc2ccccc2)[C@@H]1[C@H]1O[C@@H](C)OC[C@H]1O. The van der Waals surface area contributed by atoms with Gasteiger partial charge in [0.1, 0.15) is 24.0 Å². The van der Waals surface area contributed by atoms with Gasteiger partial charge in [0.15, 0.2) is 6.29 Å². The molecular weight excluding hydrogens is 298 g/mol. The third-order valence-corrected chi connectivity index (χ3v) is 4.08. The van der Waals surface area contributed by atoms with Crippen LogP contribution in [0.4, 0.5) is 0 Å². The molecule has 3 rings (SSSR count). The van der Waals surface area contributed by atoms with Gasteiger partial charge < -0.3 is 19.3 Å². The van der Waals surface area contributed by atoms with E-state index in [0.29, 0.717) is 13.2 Å². The van der Waals surface area contributed by atoms with E-state index in [0.717, 1.165) is 11.3 Å². The average molecular weight is 321 g/mol. The van der Waals surface area contributed by atoms with Crippen LogP contribution in [-0.4, -0.2) is 55.0 Å². The van der Waals surface area contributed by atoms with E-state index in [1.807, 2.05) is 48.4 Å². The Hall–Kier alpha value is -1.44. The molecule has 6 heteroatoms. The van der Waals surface area contributed by atoms with E-state index in [1.54, 1.807) is 7.11 Å². The largest absolute Gasteiger partial charge is 0.499 e. The number of methoxy groups -OCH3 is 1. The van der Waals surface area contributed by atoms with Crippen LogP contribution in [-0.2, 0) is 25.6 Å². The summed E-state index contributed by atoms with van der Waals surface area (Å²) in [7, 11) is 1.62. The van der Waals surface area contributed by atoms with Crippen molar-refractivity contribution in [3.63, 3.8) is 0 Å². The van der Waals surface area contributed by atoms with Gasteiger partial charge in [-0.25, -0.2) is 0 Å². The average Bonchev–Trinajstić information content (AvgIpc) is 2.58. The molecule has 0 spiro atoms. The molecule has 2 heterocycles. The Labute approximate surface area is 136 Å². The summed E-state index contributed by atoms with van der Waals surface area (Å²) in [5.41, 5.74) is 1.12. The molecule has 1 aromatic rings. The van der Waals surface area contributed by atoms with Crippen LogP contribution in [0.25, 0.3) is 0 Å². The van der Waals surface area contributed by atoms with Gasteiger partial charge in [-0.3, -0.25) is 4.84 Å². The maximum Gasteiger partial charge on any atom is 0.155 e. The van der Waals surface area contributed by atoms with Gasteiger partial charge in [0.2, 0.25) is 0 Å². The molecule has 0 aromatic heterocycles. The van der Waals surface area contributed by atoms with Gasteiger partial charge >= 0.3 is 0 Å². The smallest absolute Gasteiger partial charge is 0.155 e. The fourth-order valence-corrected chi connectivity index (χ4v) is 2.96. The van der Waals surface area contributed by atoms with Crippen molar-refractivity contribution in [2.45, 2.75) is 38.0 Å². The highest BCUT2D eigenvalue weighted by atomic mass is 16.7. The van der Waals surface area contributed by atoms with E-state index in [9.17, 15) is 5.11 Å². The molecule has 2 aliphatic heterocycles. The highest BCUT2D eigenvalue weighted by Crippen LogP contribution is 2.29. The molecule has 126 valence electrons. The van der Waals surface area contributed by atoms with Crippen LogP contribution in [0, 0.1) is 0 Å². The van der Waals surface area contributed by atoms with Crippen molar-refractivity contribution in [2.24, 2.45) is 0 Å². The van der Waals surface area contributed by atoms with E-state index in [2.05, 4.69) is 0 Å². The first-order valence-electron chi connectivity index (χ1n) is 7.81. The Morgan fingerprint density at radius 3 is 2.83 bits per heavy atom. The molecule has 1 saturated heterocycles. The Balaban J connectivity index is 1.83. The molecule has 0 radical (unpaired) electrons. The number of hydrogen-bond acceptors (Lipinski definition) is 6. The zero-order valence-corrected chi connectivity index (χ0v) is 13.4. The van der Waals surface area contributed by atoms with Crippen molar-refractivity contribution in [3.8, 4) is 0 Å². The summed E-state index contributed by atoms with van der Waals surface area (Å²) < 4.78 is 16.7. The summed E-state index contributed by atoms with van der Waals surface area (Å²) in [5.74, 6) is 0.741. The molecule has 0 saturated carbocycles. The van der Waals surface area contributed by atoms with Crippen molar-refractivity contribution in [1.82, 2.24) is 5.06 Å². The fourth-order valence-electron chi connectivity index (χ4n) is 2.96. The number of nitrogens with zero attached hydrogens (tertiary/aromatic N) is 1. The van der Waals surface area contributed by atoms with E-state index in [-0.39, 0.29) is 18.9 Å². The Morgan fingerprint density at radius 2 is 2.09 bits per heavy atom. The normalized spacial score (nSPS) is 32.4. The van der Waals surface area contributed by atoms with Crippen molar-refractivity contribution >= 4 is 0 Å². The van der Waals surface area contributed by atoms with E-state index < -0.39 is 12.2 Å². The van der Waals surface area contributed by atoms with Gasteiger partial charge in [-0.05, 0) is 18.6 Å². The summed E-state index contributed by atoms with van der Waals surface area (Å²) in [4.78, 5) is 5.81. The molecule has 23 heavy (non-hydrogen) atoms. The van der Waals surface area contributed by atoms with Crippen LogP contribution in [0.3, 0.4) is 0 Å². The molecule has 4 atom stereocenters. The van der Waals surface area contributed by atoms with Gasteiger partial charge in [-0.1, -0.05) is 30.3 Å². The third-order valence-electron chi connectivity index (χ3n) is 4.08. The quantitative estimate of drug-likeness (QED) is 0.906. The van der Waals surface area contributed by atoms with Crippen molar-refractivity contribution in [3.05, 3.63) is 47.7 Å². The van der Waals surface area contributed by atoms with Crippen LogP contribution in [0.2, 0.25) is 0 Å². The second-order valence-electron chi connectivity index (χ2n) is 5.68. The first-order valence-corrected chi connectivity index (χ1v) is 7.81. The number of aliphatic hydroxyl groups excluding tert-OH is 1. The highest BCUT2D eigenvalue weighted by Gasteiger charge is 2.42. The lowest BCUT2D eigenvalue weighted by Crippen LogP contribution is -2.57. The molecule has 1 aromatic carbocycles. The Bertz CT molecular complexity index is 535. The lowest BCUT2D eigenvalue weighted by atomic mass is 10.0. The number of ether oxygens (including phenoxy) is 3. The van der Waals surface area contributed by atoms with Crippen molar-refractivity contribution < 1.29 is 24.2 Å². The second-order valence-corrected chi connectivity index (χ2v) is 5.68. The van der Waals surface area contributed by atoms with Gasteiger partial charge in [0.05, 0.1) is 26.9 Å². The zero-order valence-electron chi connectivity index (χ0n) is 13.4. The number of aliphatic hydroxyl groups is 1. The summed E-state index contributed by atoms with van der Waals surface area (Å²) in [6.45, 7) is 3.06. The number of hydroxylamine groups is 2. The summed E-state index contributed by atoms with van der Waals surface area (Å²) in [5, 5.41) is 12.1. The molecule has 2 aliphatic rings. The van der Waals surface area contributed by atoms with Crippen molar-refractivity contribution in [1.29, 1.82) is 0 Å². The molecule has 0 bridgehead atoms. The van der Waals surface area contributed by atoms with Crippen LogP contribution < -0.4 is 0 Å². The van der Waals surface area contributed by atoms with Crippen LogP contribution in [0.1, 0.15) is 12.5 Å². The lowest BCUT2D eigenvalue weighted by Gasteiger charge is -2.43. The molecule has 0 unspecified atom stereocenters. The number of benzene rings is 1. The number of rotatable bonds is 4. The third kappa shape index (κ3) is 3.73. The molecule has 6 nitrogen and oxygen atoms in total. The monoisotopic (exact) mass is 321 g/mol. The Morgan fingerprint density at radius 1 is 1.30 bits per heavy atom. The maximum absolute atomic E-state index is 10.3. The first kappa shape index (κ1) is 16.4. The standard InChI is InChI=1S/C17H23NO5/c1-12-21-11-14(19)17(23-12)16-15(20-2)8-9-22-18(16)10-13-6-4-3-5-7-13/h3-8,12,14,16-17,19H,9-11H2,1-2H3/t12-,14+,16-,17-/m0/s1. The van der Waals surface area contributed by atoms with E-state index in [4.69, 9.17) is 19.0 Å². The van der Waals surface area contributed by atoms with Crippen LogP contribution >= 0.6 is 0 Å². The minimum absolute atomic E-state index is 0.235. The van der Waals surface area contributed by atoms with E-state index in [1.165, 1.54) is 0 Å². The minimum atomic E-state index is -0.741. The van der Waals surface area contributed by atoms with Gasteiger partial charge in [0.25, 0.3) is 0 Å². The molecule has 0 amide bonds. The number of hydrogen-bond donors (Lipinski definition) is 1. The summed E-state index contributed by atoms with van der Waals surface area (Å²) in [6.07, 6.45) is 0.285. The molecule has 0 aliphatic carbocycles. The van der Waals surface area contributed by atoms with Crippen LogP contribution in [0.5, 0.6) is 0 Å². The molecule has 1 fully saturated rings. The van der Waals surface area contributed by atoms with Gasteiger partial charge in [0, 0.05) is 0 Å². The van der Waals surface area contributed by atoms with E-state index >= 15 is 0 Å². The fraction of sp³-hybridized carbons (Fsp3) is 0.529. The minimum Gasteiger partial charge on any atom is -0.499 e. The predicted octanol–water partition coefficient (Wildman–Crippen LogP) is 1.45. The second kappa shape index (κ2) is 7.42. The van der Waals surface area contributed by atoms with Crippen molar-refractivity contribution in [2.75, 3.05) is 20.3 Å². The van der Waals surface area contributed by atoms with Gasteiger partial charge in [-0.2, -0.15) is 5.06 Å². The molecule has 1 N–H and O–H groups in total. The predicted molar refractivity (Wildman–Crippen MR) is 83.1 cm³/mol. The highest BCUT2D eigenvalue weighted by molar-refractivity contribution is 5.17. The molecular formula is C17H23NO5. The summed E-state index contributed by atoms with van der Waals surface area (Å²) in [6, 6.07) is 9.71. The maximum atomic E-state index is 10.3.